The van der Waals surface area contributed by atoms with Gasteiger partial charge < -0.3 is 10.2 Å². The van der Waals surface area contributed by atoms with Crippen LogP contribution in [-0.4, -0.2) is 36.0 Å². The first-order valence-electron chi connectivity index (χ1n) is 6.86. The zero-order valence-corrected chi connectivity index (χ0v) is 11.8. The second kappa shape index (κ2) is 6.17. The highest BCUT2D eigenvalue weighted by Gasteiger charge is 2.23. The Kier molecular flexibility index (Phi) is 4.54. The van der Waals surface area contributed by atoms with Crippen LogP contribution >= 0.6 is 0 Å². The lowest BCUT2D eigenvalue weighted by Crippen LogP contribution is -2.40. The number of nitro benzene ring substituents is 1. The number of benzene rings is 1. The SMILES string of the molecule is CC(Nc1ccc([N+](=O)[O-])cc1F)C1CCCN(C)C1. The van der Waals surface area contributed by atoms with Gasteiger partial charge in [-0.25, -0.2) is 4.39 Å². The van der Waals surface area contributed by atoms with Gasteiger partial charge in [-0.2, -0.15) is 0 Å². The van der Waals surface area contributed by atoms with E-state index in [9.17, 15) is 14.5 Å². The Morgan fingerprint density at radius 1 is 1.55 bits per heavy atom. The van der Waals surface area contributed by atoms with E-state index in [-0.39, 0.29) is 11.7 Å². The first kappa shape index (κ1) is 14.7. The summed E-state index contributed by atoms with van der Waals surface area (Å²) >= 11 is 0. The molecule has 0 spiro atoms. The maximum Gasteiger partial charge on any atom is 0.272 e. The Bertz CT molecular complexity index is 495. The number of anilines is 1. The van der Waals surface area contributed by atoms with Crippen LogP contribution in [0.4, 0.5) is 15.8 Å². The molecule has 0 radical (unpaired) electrons. The highest BCUT2D eigenvalue weighted by atomic mass is 19.1. The summed E-state index contributed by atoms with van der Waals surface area (Å²) in [6, 6.07) is 3.86. The predicted molar refractivity (Wildman–Crippen MR) is 76.4 cm³/mol. The van der Waals surface area contributed by atoms with E-state index in [4.69, 9.17) is 0 Å². The minimum Gasteiger partial charge on any atom is -0.380 e. The third-order valence-electron chi connectivity index (χ3n) is 3.91. The summed E-state index contributed by atoms with van der Waals surface area (Å²) < 4.78 is 13.8. The Labute approximate surface area is 117 Å². The number of non-ortho nitro benzene ring substituents is 1. The first-order chi connectivity index (χ1) is 9.47. The van der Waals surface area contributed by atoms with Crippen molar-refractivity contribution in [2.24, 2.45) is 5.92 Å². The Morgan fingerprint density at radius 2 is 2.30 bits per heavy atom. The molecule has 0 aromatic heterocycles. The molecule has 1 aromatic rings. The average Bonchev–Trinajstić information content (AvgIpc) is 2.40. The minimum atomic E-state index is -0.591. The summed E-state index contributed by atoms with van der Waals surface area (Å²) in [6.07, 6.45) is 2.27. The van der Waals surface area contributed by atoms with E-state index in [1.165, 1.54) is 12.1 Å². The molecule has 110 valence electrons. The van der Waals surface area contributed by atoms with Crippen molar-refractivity contribution < 1.29 is 9.31 Å². The standard InChI is InChI=1S/C14H20FN3O2/c1-10(11-4-3-7-17(2)9-11)16-14-6-5-12(18(19)20)8-13(14)15/h5-6,8,10-11,16H,3-4,7,9H2,1-2H3. The highest BCUT2D eigenvalue weighted by molar-refractivity contribution is 5.50. The Hall–Kier alpha value is -1.69. The fourth-order valence-corrected chi connectivity index (χ4v) is 2.71. The number of piperidine rings is 1. The molecule has 2 atom stereocenters. The lowest BCUT2D eigenvalue weighted by atomic mass is 9.91. The molecule has 5 nitrogen and oxygen atoms in total. The zero-order valence-electron chi connectivity index (χ0n) is 11.8. The minimum absolute atomic E-state index is 0.133. The number of nitrogens with one attached hydrogen (secondary N) is 1. The van der Waals surface area contributed by atoms with Crippen LogP contribution in [0.2, 0.25) is 0 Å². The third-order valence-corrected chi connectivity index (χ3v) is 3.91. The van der Waals surface area contributed by atoms with Gasteiger partial charge >= 0.3 is 0 Å². The normalized spacial score (nSPS) is 21.4. The molecule has 1 heterocycles. The largest absolute Gasteiger partial charge is 0.380 e. The van der Waals surface area contributed by atoms with Crippen molar-refractivity contribution in [1.29, 1.82) is 0 Å². The third kappa shape index (κ3) is 3.45. The van der Waals surface area contributed by atoms with Gasteiger partial charge in [0.05, 0.1) is 16.7 Å². The van der Waals surface area contributed by atoms with Crippen LogP contribution in [0.1, 0.15) is 19.8 Å². The number of rotatable bonds is 4. The van der Waals surface area contributed by atoms with Crippen LogP contribution in [0.15, 0.2) is 18.2 Å². The zero-order chi connectivity index (χ0) is 14.7. The molecule has 0 aliphatic carbocycles. The van der Waals surface area contributed by atoms with Crippen LogP contribution < -0.4 is 5.32 Å². The fourth-order valence-electron chi connectivity index (χ4n) is 2.71. The lowest BCUT2D eigenvalue weighted by molar-refractivity contribution is -0.385. The van der Waals surface area contributed by atoms with Crippen LogP contribution in [0, 0.1) is 21.8 Å². The van der Waals surface area contributed by atoms with Crippen LogP contribution in [0.5, 0.6) is 0 Å². The molecule has 2 rings (SSSR count). The predicted octanol–water partition coefficient (Wildman–Crippen LogP) is 2.88. The summed E-state index contributed by atoms with van der Waals surface area (Å²) in [5.41, 5.74) is 0.106. The summed E-state index contributed by atoms with van der Waals surface area (Å²) in [7, 11) is 2.09. The fraction of sp³-hybridized carbons (Fsp3) is 0.571. The topological polar surface area (TPSA) is 58.4 Å². The smallest absolute Gasteiger partial charge is 0.272 e. The molecule has 0 amide bonds. The molecule has 1 aliphatic heterocycles. The van der Waals surface area contributed by atoms with Crippen molar-refractivity contribution in [2.45, 2.75) is 25.8 Å². The molecule has 1 aromatic carbocycles. The van der Waals surface area contributed by atoms with Crippen molar-refractivity contribution in [3.05, 3.63) is 34.1 Å². The molecule has 0 bridgehead atoms. The van der Waals surface area contributed by atoms with Gasteiger partial charge in [-0.15, -0.1) is 0 Å². The molecule has 20 heavy (non-hydrogen) atoms. The van der Waals surface area contributed by atoms with E-state index in [0.717, 1.165) is 32.0 Å². The van der Waals surface area contributed by atoms with Gasteiger partial charge in [-0.3, -0.25) is 10.1 Å². The van der Waals surface area contributed by atoms with Gasteiger partial charge in [0.25, 0.3) is 5.69 Å². The molecule has 1 saturated heterocycles. The number of halogens is 1. The van der Waals surface area contributed by atoms with Crippen molar-refractivity contribution in [1.82, 2.24) is 4.90 Å². The summed E-state index contributed by atoms with van der Waals surface area (Å²) in [5.74, 6) is -0.112. The average molecular weight is 281 g/mol. The second-order valence-electron chi connectivity index (χ2n) is 5.52. The van der Waals surface area contributed by atoms with Gasteiger partial charge in [-0.05, 0) is 45.3 Å². The number of nitro groups is 1. The highest BCUT2D eigenvalue weighted by Crippen LogP contribution is 2.25. The van der Waals surface area contributed by atoms with E-state index in [2.05, 4.69) is 17.3 Å². The second-order valence-corrected chi connectivity index (χ2v) is 5.52. The van der Waals surface area contributed by atoms with E-state index >= 15 is 0 Å². The molecule has 1 aliphatic rings. The molecule has 1 N–H and O–H groups in total. The van der Waals surface area contributed by atoms with Crippen LogP contribution in [0.25, 0.3) is 0 Å². The van der Waals surface area contributed by atoms with Gasteiger partial charge in [0.15, 0.2) is 5.82 Å². The molecular formula is C14H20FN3O2. The van der Waals surface area contributed by atoms with E-state index < -0.39 is 10.7 Å². The van der Waals surface area contributed by atoms with Crippen molar-refractivity contribution in [3.8, 4) is 0 Å². The van der Waals surface area contributed by atoms with Crippen molar-refractivity contribution >= 4 is 11.4 Å². The number of nitrogens with zero attached hydrogens (tertiary/aromatic N) is 2. The van der Waals surface area contributed by atoms with Gasteiger partial charge in [0.2, 0.25) is 0 Å². The van der Waals surface area contributed by atoms with Gasteiger partial charge in [-0.1, -0.05) is 0 Å². The van der Waals surface area contributed by atoms with E-state index in [1.807, 2.05) is 6.92 Å². The molecule has 1 fully saturated rings. The number of hydrogen-bond donors (Lipinski definition) is 1. The molecule has 0 saturated carbocycles. The van der Waals surface area contributed by atoms with Crippen LogP contribution in [0.3, 0.4) is 0 Å². The molecule has 6 heteroatoms. The maximum atomic E-state index is 13.8. The Morgan fingerprint density at radius 3 is 2.90 bits per heavy atom. The van der Waals surface area contributed by atoms with Crippen LogP contribution in [-0.2, 0) is 0 Å². The van der Waals surface area contributed by atoms with Crippen molar-refractivity contribution in [3.63, 3.8) is 0 Å². The quantitative estimate of drug-likeness (QED) is 0.681. The van der Waals surface area contributed by atoms with Gasteiger partial charge in [0.1, 0.15) is 0 Å². The van der Waals surface area contributed by atoms with Gasteiger partial charge in [0, 0.05) is 18.7 Å². The first-order valence-corrected chi connectivity index (χ1v) is 6.86. The van der Waals surface area contributed by atoms with E-state index in [0.29, 0.717) is 11.6 Å². The van der Waals surface area contributed by atoms with Crippen molar-refractivity contribution in [2.75, 3.05) is 25.5 Å². The molecule has 2 unspecified atom stereocenters. The lowest BCUT2D eigenvalue weighted by Gasteiger charge is -2.34. The van der Waals surface area contributed by atoms with E-state index in [1.54, 1.807) is 0 Å². The Balaban J connectivity index is 2.03. The molecular weight excluding hydrogens is 261 g/mol. The number of hydrogen-bond acceptors (Lipinski definition) is 4. The number of likely N-dealkylation sites (tertiary alicyclic amines) is 1. The summed E-state index contributed by atoms with van der Waals surface area (Å²) in [4.78, 5) is 12.3. The summed E-state index contributed by atoms with van der Waals surface area (Å²) in [5, 5.41) is 13.7. The monoisotopic (exact) mass is 281 g/mol. The maximum absolute atomic E-state index is 13.8. The summed E-state index contributed by atoms with van der Waals surface area (Å²) in [6.45, 7) is 4.13.